The zero-order valence-electron chi connectivity index (χ0n) is 13.5. The minimum absolute atomic E-state index is 0.718. The van der Waals surface area contributed by atoms with E-state index in [0.29, 0.717) is 0 Å². The highest BCUT2D eigenvalue weighted by Crippen LogP contribution is 2.23. The Hall–Kier alpha value is -1.36. The number of aromatic nitrogens is 2. The lowest BCUT2D eigenvalue weighted by molar-refractivity contribution is 0.154. The highest BCUT2D eigenvalue weighted by Gasteiger charge is 2.13. The number of ether oxygens (including phenoxy) is 1. The van der Waals surface area contributed by atoms with Gasteiger partial charge in [0.2, 0.25) is 0 Å². The van der Waals surface area contributed by atoms with Gasteiger partial charge in [-0.05, 0) is 20.3 Å². The van der Waals surface area contributed by atoms with Crippen molar-refractivity contribution in [1.82, 2.24) is 9.97 Å². The van der Waals surface area contributed by atoms with Gasteiger partial charge in [0.15, 0.2) is 0 Å². The smallest absolute Gasteiger partial charge is 0.137 e. The lowest BCUT2D eigenvalue weighted by Gasteiger charge is -2.22. The Morgan fingerprint density at radius 3 is 2.55 bits per heavy atom. The Morgan fingerprint density at radius 1 is 1.20 bits per heavy atom. The molecule has 0 aliphatic carbocycles. The van der Waals surface area contributed by atoms with Crippen LogP contribution in [0.4, 0.5) is 11.6 Å². The van der Waals surface area contributed by atoms with E-state index in [1.165, 1.54) is 0 Å². The lowest BCUT2D eigenvalue weighted by Crippen LogP contribution is -2.25. The number of aryl methyl sites for hydroxylation is 1. The van der Waals surface area contributed by atoms with E-state index in [-0.39, 0.29) is 0 Å². The van der Waals surface area contributed by atoms with Gasteiger partial charge in [-0.25, -0.2) is 9.97 Å². The van der Waals surface area contributed by atoms with Crippen LogP contribution in [-0.4, -0.2) is 43.3 Å². The first-order valence-corrected chi connectivity index (χ1v) is 7.54. The van der Waals surface area contributed by atoms with E-state index in [4.69, 9.17) is 4.74 Å². The number of nitrogens with one attached hydrogen (secondary N) is 1. The van der Waals surface area contributed by atoms with Crippen molar-refractivity contribution < 1.29 is 4.74 Å². The van der Waals surface area contributed by atoms with Crippen LogP contribution in [0.25, 0.3) is 0 Å². The normalized spacial score (nSPS) is 10.7. The van der Waals surface area contributed by atoms with Gasteiger partial charge in [0.1, 0.15) is 17.5 Å². The van der Waals surface area contributed by atoms with Crippen LogP contribution in [0.2, 0.25) is 0 Å². The van der Waals surface area contributed by atoms with Crippen molar-refractivity contribution in [3.05, 3.63) is 11.4 Å². The van der Waals surface area contributed by atoms with Gasteiger partial charge in [0, 0.05) is 38.7 Å². The number of anilines is 2. The molecule has 0 aliphatic rings. The molecule has 0 spiro atoms. The molecule has 0 amide bonds. The molecule has 1 aromatic heterocycles. The van der Waals surface area contributed by atoms with Crippen molar-refractivity contribution in [3.63, 3.8) is 0 Å². The highest BCUT2D eigenvalue weighted by atomic mass is 16.5. The molecule has 114 valence electrons. The van der Waals surface area contributed by atoms with Crippen LogP contribution in [0, 0.1) is 6.92 Å². The van der Waals surface area contributed by atoms with Gasteiger partial charge in [-0.15, -0.1) is 0 Å². The van der Waals surface area contributed by atoms with Crippen molar-refractivity contribution in [2.75, 3.05) is 43.6 Å². The molecule has 1 aromatic rings. The first kappa shape index (κ1) is 16.7. The average Bonchev–Trinajstić information content (AvgIpc) is 2.46. The molecular formula is C15H28N4O. The molecule has 1 rings (SSSR count). The number of rotatable bonds is 9. The van der Waals surface area contributed by atoms with E-state index >= 15 is 0 Å². The molecule has 1 N–H and O–H groups in total. The van der Waals surface area contributed by atoms with Crippen LogP contribution >= 0.6 is 0 Å². The minimum atomic E-state index is 0.718. The van der Waals surface area contributed by atoms with Gasteiger partial charge in [-0.2, -0.15) is 0 Å². The molecule has 0 unspecified atom stereocenters. The molecule has 0 aromatic carbocycles. The maximum Gasteiger partial charge on any atom is 0.137 e. The fourth-order valence-electron chi connectivity index (χ4n) is 1.95. The van der Waals surface area contributed by atoms with Gasteiger partial charge in [0.05, 0.1) is 6.61 Å². The van der Waals surface area contributed by atoms with Gasteiger partial charge in [-0.3, -0.25) is 0 Å². The van der Waals surface area contributed by atoms with E-state index in [9.17, 15) is 0 Å². The van der Waals surface area contributed by atoms with Crippen LogP contribution in [0.1, 0.15) is 38.6 Å². The summed E-state index contributed by atoms with van der Waals surface area (Å²) in [6, 6.07) is 0. The molecule has 0 aliphatic heterocycles. The summed E-state index contributed by atoms with van der Waals surface area (Å²) < 4.78 is 5.42. The summed E-state index contributed by atoms with van der Waals surface area (Å²) in [5, 5.41) is 3.39. The standard InChI is InChI=1S/C15H28N4O/c1-6-9-16-14-12(4)15(18-13(7-2)17-14)19(5)10-11-20-8-3/h6-11H2,1-5H3,(H,16,17,18). The Kier molecular flexibility index (Phi) is 7.30. The molecule has 0 radical (unpaired) electrons. The van der Waals surface area contributed by atoms with Gasteiger partial charge in [0.25, 0.3) is 0 Å². The van der Waals surface area contributed by atoms with Crippen molar-refractivity contribution in [1.29, 1.82) is 0 Å². The lowest BCUT2D eigenvalue weighted by atomic mass is 10.2. The Bertz CT molecular complexity index is 409. The molecule has 5 nitrogen and oxygen atoms in total. The van der Waals surface area contributed by atoms with Crippen molar-refractivity contribution in [2.24, 2.45) is 0 Å². The summed E-state index contributed by atoms with van der Waals surface area (Å²) in [6.45, 7) is 11.6. The van der Waals surface area contributed by atoms with E-state index in [1.54, 1.807) is 0 Å². The second-order valence-corrected chi connectivity index (χ2v) is 4.84. The SMILES string of the molecule is CCCNc1nc(CC)nc(N(C)CCOCC)c1C. The second kappa shape index (κ2) is 8.74. The highest BCUT2D eigenvalue weighted by molar-refractivity contribution is 5.58. The zero-order valence-corrected chi connectivity index (χ0v) is 13.5. The summed E-state index contributed by atoms with van der Waals surface area (Å²) in [7, 11) is 2.05. The monoisotopic (exact) mass is 280 g/mol. The maximum atomic E-state index is 5.42. The Balaban J connectivity index is 2.92. The average molecular weight is 280 g/mol. The van der Waals surface area contributed by atoms with Crippen LogP contribution < -0.4 is 10.2 Å². The number of hydrogen-bond acceptors (Lipinski definition) is 5. The van der Waals surface area contributed by atoms with Crippen molar-refractivity contribution in [3.8, 4) is 0 Å². The summed E-state index contributed by atoms with van der Waals surface area (Å²) in [5.41, 5.74) is 1.11. The number of likely N-dealkylation sites (N-methyl/N-ethyl adjacent to an activating group) is 1. The molecule has 0 saturated carbocycles. The Labute approximate surface area is 122 Å². The molecule has 20 heavy (non-hydrogen) atoms. The summed E-state index contributed by atoms with van der Waals surface area (Å²) in [6.07, 6.45) is 1.92. The predicted molar refractivity (Wildman–Crippen MR) is 84.7 cm³/mol. The maximum absolute atomic E-state index is 5.42. The summed E-state index contributed by atoms with van der Waals surface area (Å²) >= 11 is 0. The third kappa shape index (κ3) is 4.63. The molecular weight excluding hydrogens is 252 g/mol. The topological polar surface area (TPSA) is 50.3 Å². The third-order valence-electron chi connectivity index (χ3n) is 3.16. The molecule has 0 bridgehead atoms. The van der Waals surface area contributed by atoms with Crippen LogP contribution in [0.15, 0.2) is 0 Å². The quantitative estimate of drug-likeness (QED) is 0.705. The van der Waals surface area contributed by atoms with Crippen LogP contribution in [0.3, 0.4) is 0 Å². The fourth-order valence-corrected chi connectivity index (χ4v) is 1.95. The van der Waals surface area contributed by atoms with E-state index in [0.717, 1.165) is 62.2 Å². The van der Waals surface area contributed by atoms with Crippen LogP contribution in [0.5, 0.6) is 0 Å². The molecule has 0 fully saturated rings. The first-order chi connectivity index (χ1) is 9.63. The molecule has 0 saturated heterocycles. The van der Waals surface area contributed by atoms with E-state index in [1.807, 2.05) is 6.92 Å². The summed E-state index contributed by atoms with van der Waals surface area (Å²) in [4.78, 5) is 11.4. The number of hydrogen-bond donors (Lipinski definition) is 1. The second-order valence-electron chi connectivity index (χ2n) is 4.84. The Morgan fingerprint density at radius 2 is 1.95 bits per heavy atom. The molecule has 1 heterocycles. The predicted octanol–water partition coefficient (Wildman–Crippen LogP) is 2.64. The summed E-state index contributed by atoms with van der Waals surface area (Å²) in [5.74, 6) is 2.83. The van der Waals surface area contributed by atoms with E-state index < -0.39 is 0 Å². The third-order valence-corrected chi connectivity index (χ3v) is 3.16. The van der Waals surface area contributed by atoms with Crippen molar-refractivity contribution >= 4 is 11.6 Å². The molecule has 0 atom stereocenters. The molecule has 5 heteroatoms. The number of nitrogens with zero attached hydrogens (tertiary/aromatic N) is 3. The zero-order chi connectivity index (χ0) is 15.0. The largest absolute Gasteiger partial charge is 0.380 e. The fraction of sp³-hybridized carbons (Fsp3) is 0.733. The van der Waals surface area contributed by atoms with Gasteiger partial charge in [-0.1, -0.05) is 13.8 Å². The first-order valence-electron chi connectivity index (χ1n) is 7.54. The minimum Gasteiger partial charge on any atom is -0.380 e. The van der Waals surface area contributed by atoms with Gasteiger partial charge >= 0.3 is 0 Å². The van der Waals surface area contributed by atoms with E-state index in [2.05, 4.69) is 48.0 Å². The van der Waals surface area contributed by atoms with Gasteiger partial charge < -0.3 is 15.0 Å². The van der Waals surface area contributed by atoms with Crippen molar-refractivity contribution in [2.45, 2.75) is 40.5 Å². The van der Waals surface area contributed by atoms with Crippen LogP contribution in [-0.2, 0) is 11.2 Å².